The molecule has 1 aliphatic rings. The van der Waals surface area contributed by atoms with Crippen LogP contribution in [0, 0.1) is 0 Å². The van der Waals surface area contributed by atoms with Crippen molar-refractivity contribution in [2.75, 3.05) is 21.1 Å². The van der Waals surface area contributed by atoms with E-state index in [0.717, 1.165) is 16.8 Å². The van der Waals surface area contributed by atoms with Crippen LogP contribution in [0.2, 0.25) is 0 Å². The number of Topliss-reactive ketones (excluding diaryl/α,β-unsaturated/α-hetero) is 1. The van der Waals surface area contributed by atoms with Crippen LogP contribution in [0.15, 0.2) is 41.0 Å². The van der Waals surface area contributed by atoms with Crippen molar-refractivity contribution in [1.29, 1.82) is 0 Å². The molecule has 3 nitrogen and oxygen atoms in total. The number of carbonyl (C=O) groups is 1. The lowest BCUT2D eigenvalue weighted by atomic mass is 9.92. The van der Waals surface area contributed by atoms with Crippen molar-refractivity contribution in [3.63, 3.8) is 0 Å². The molecular formula is C13H14N2O. The van der Waals surface area contributed by atoms with E-state index in [4.69, 9.17) is 0 Å². The highest BCUT2D eigenvalue weighted by molar-refractivity contribution is 6.25. The summed E-state index contributed by atoms with van der Waals surface area (Å²) in [6.45, 7) is 0. The quantitative estimate of drug-likeness (QED) is 0.713. The Labute approximate surface area is 95.1 Å². The molecule has 0 radical (unpaired) electrons. The zero-order valence-electron chi connectivity index (χ0n) is 9.69. The van der Waals surface area contributed by atoms with Crippen LogP contribution >= 0.6 is 0 Å². The van der Waals surface area contributed by atoms with Gasteiger partial charge in [0.2, 0.25) is 5.78 Å². The SMILES string of the molecule is CN=C1C=C(N(C)C)C(=O)c2ccccc21. The number of allylic oxidation sites excluding steroid dienone is 2. The molecule has 0 fully saturated rings. The van der Waals surface area contributed by atoms with Gasteiger partial charge in [-0.2, -0.15) is 0 Å². The number of likely N-dealkylation sites (N-methyl/N-ethyl adjacent to an activating group) is 1. The van der Waals surface area contributed by atoms with E-state index >= 15 is 0 Å². The Morgan fingerprint density at radius 2 is 1.75 bits per heavy atom. The van der Waals surface area contributed by atoms with E-state index in [2.05, 4.69) is 4.99 Å². The van der Waals surface area contributed by atoms with Crippen molar-refractivity contribution in [2.24, 2.45) is 4.99 Å². The van der Waals surface area contributed by atoms with Gasteiger partial charge in [-0.25, -0.2) is 0 Å². The number of fused-ring (bicyclic) bond motifs is 1. The minimum absolute atomic E-state index is 0.0630. The van der Waals surface area contributed by atoms with Gasteiger partial charge < -0.3 is 4.90 Å². The first-order valence-electron chi connectivity index (χ1n) is 5.15. The maximum absolute atomic E-state index is 12.2. The third-order valence-corrected chi connectivity index (χ3v) is 2.68. The molecule has 0 saturated carbocycles. The normalized spacial score (nSPS) is 17.1. The average molecular weight is 214 g/mol. The molecule has 1 aliphatic carbocycles. The van der Waals surface area contributed by atoms with Crippen molar-refractivity contribution in [3.8, 4) is 0 Å². The number of ketones is 1. The van der Waals surface area contributed by atoms with Crippen LogP contribution in [-0.2, 0) is 0 Å². The van der Waals surface area contributed by atoms with Gasteiger partial charge in [-0.1, -0.05) is 24.3 Å². The van der Waals surface area contributed by atoms with E-state index in [1.54, 1.807) is 7.05 Å². The topological polar surface area (TPSA) is 32.7 Å². The zero-order chi connectivity index (χ0) is 11.7. The fourth-order valence-electron chi connectivity index (χ4n) is 1.83. The van der Waals surface area contributed by atoms with Crippen LogP contribution in [0.1, 0.15) is 15.9 Å². The van der Waals surface area contributed by atoms with Gasteiger partial charge in [-0.05, 0) is 6.08 Å². The van der Waals surface area contributed by atoms with Crippen LogP contribution in [0.25, 0.3) is 0 Å². The maximum atomic E-state index is 12.2. The van der Waals surface area contributed by atoms with Crippen molar-refractivity contribution >= 4 is 11.5 Å². The molecule has 0 N–H and O–H groups in total. The molecular weight excluding hydrogens is 200 g/mol. The molecule has 0 atom stereocenters. The highest BCUT2D eigenvalue weighted by Gasteiger charge is 2.24. The highest BCUT2D eigenvalue weighted by atomic mass is 16.1. The molecule has 82 valence electrons. The molecule has 2 rings (SSSR count). The van der Waals surface area contributed by atoms with Crippen LogP contribution in [0.5, 0.6) is 0 Å². The number of nitrogens with zero attached hydrogens (tertiary/aromatic N) is 2. The number of rotatable bonds is 1. The Morgan fingerprint density at radius 1 is 1.12 bits per heavy atom. The third-order valence-electron chi connectivity index (χ3n) is 2.68. The molecule has 0 heterocycles. The van der Waals surface area contributed by atoms with Gasteiger partial charge in [0.25, 0.3) is 0 Å². The molecule has 0 bridgehead atoms. The average Bonchev–Trinajstić information content (AvgIpc) is 2.29. The fraction of sp³-hybridized carbons (Fsp3) is 0.231. The van der Waals surface area contributed by atoms with E-state index in [9.17, 15) is 4.79 Å². The molecule has 16 heavy (non-hydrogen) atoms. The predicted octanol–water partition coefficient (Wildman–Crippen LogP) is 1.75. The summed E-state index contributed by atoms with van der Waals surface area (Å²) in [5, 5.41) is 0. The zero-order valence-corrected chi connectivity index (χ0v) is 9.69. The lowest BCUT2D eigenvalue weighted by Crippen LogP contribution is -2.26. The molecule has 0 amide bonds. The second-order valence-corrected chi connectivity index (χ2v) is 3.91. The van der Waals surface area contributed by atoms with E-state index < -0.39 is 0 Å². The third kappa shape index (κ3) is 1.54. The molecule has 0 aromatic heterocycles. The van der Waals surface area contributed by atoms with Crippen LogP contribution < -0.4 is 0 Å². The summed E-state index contributed by atoms with van der Waals surface area (Å²) in [6, 6.07) is 7.58. The van der Waals surface area contributed by atoms with Gasteiger partial charge >= 0.3 is 0 Å². The van der Waals surface area contributed by atoms with Gasteiger partial charge in [0.15, 0.2) is 0 Å². The molecule has 0 spiro atoms. The second kappa shape index (κ2) is 3.93. The molecule has 3 heteroatoms. The Balaban J connectivity index is 2.63. The van der Waals surface area contributed by atoms with Crippen molar-refractivity contribution < 1.29 is 4.79 Å². The number of hydrogen-bond acceptors (Lipinski definition) is 3. The standard InChI is InChI=1S/C13H14N2O/c1-14-11-8-12(15(2)3)13(16)10-7-5-4-6-9(10)11/h4-8H,1-3H3. The summed E-state index contributed by atoms with van der Waals surface area (Å²) < 4.78 is 0. The van der Waals surface area contributed by atoms with Gasteiger partial charge in [0.1, 0.15) is 0 Å². The monoisotopic (exact) mass is 214 g/mol. The van der Waals surface area contributed by atoms with Crippen molar-refractivity contribution in [3.05, 3.63) is 47.2 Å². The smallest absolute Gasteiger partial charge is 0.209 e. The molecule has 1 aromatic carbocycles. The van der Waals surface area contributed by atoms with E-state index in [-0.39, 0.29) is 5.78 Å². The van der Waals surface area contributed by atoms with Gasteiger partial charge in [0, 0.05) is 32.3 Å². The summed E-state index contributed by atoms with van der Waals surface area (Å²) in [6.07, 6.45) is 1.84. The van der Waals surface area contributed by atoms with E-state index in [0.29, 0.717) is 5.70 Å². The Kier molecular flexibility index (Phi) is 2.60. The second-order valence-electron chi connectivity index (χ2n) is 3.91. The first kappa shape index (κ1) is 10.6. The fourth-order valence-corrected chi connectivity index (χ4v) is 1.83. The highest BCUT2D eigenvalue weighted by Crippen LogP contribution is 2.22. The minimum Gasteiger partial charge on any atom is -0.374 e. The van der Waals surface area contributed by atoms with E-state index in [1.165, 1.54) is 0 Å². The molecule has 0 saturated heterocycles. The van der Waals surface area contributed by atoms with Crippen LogP contribution in [0.3, 0.4) is 0 Å². The summed E-state index contributed by atoms with van der Waals surface area (Å²) in [7, 11) is 5.47. The van der Waals surface area contributed by atoms with Gasteiger partial charge in [-0.15, -0.1) is 0 Å². The minimum atomic E-state index is 0.0630. The van der Waals surface area contributed by atoms with Crippen LogP contribution in [-0.4, -0.2) is 37.5 Å². The number of benzene rings is 1. The first-order valence-corrected chi connectivity index (χ1v) is 5.15. The Morgan fingerprint density at radius 3 is 2.31 bits per heavy atom. The predicted molar refractivity (Wildman–Crippen MR) is 65.0 cm³/mol. The number of hydrogen-bond donors (Lipinski definition) is 0. The summed E-state index contributed by atoms with van der Waals surface area (Å²) >= 11 is 0. The Bertz CT molecular complexity index is 498. The van der Waals surface area contributed by atoms with Crippen molar-refractivity contribution in [1.82, 2.24) is 4.90 Å². The maximum Gasteiger partial charge on any atom is 0.209 e. The molecule has 0 aliphatic heterocycles. The lowest BCUT2D eigenvalue weighted by molar-refractivity contribution is 0.100. The molecule has 1 aromatic rings. The largest absolute Gasteiger partial charge is 0.374 e. The molecule has 0 unspecified atom stereocenters. The number of aliphatic imine (C=N–C) groups is 1. The van der Waals surface area contributed by atoms with Crippen LogP contribution in [0.4, 0.5) is 0 Å². The summed E-state index contributed by atoms with van der Waals surface area (Å²) in [5.74, 6) is 0.0630. The van der Waals surface area contributed by atoms with Gasteiger partial charge in [-0.3, -0.25) is 9.79 Å². The Hall–Kier alpha value is -1.90. The number of carbonyl (C=O) groups excluding carboxylic acids is 1. The van der Waals surface area contributed by atoms with Gasteiger partial charge in [0.05, 0.1) is 11.4 Å². The lowest BCUT2D eigenvalue weighted by Gasteiger charge is -2.22. The summed E-state index contributed by atoms with van der Waals surface area (Å²) in [4.78, 5) is 18.2. The van der Waals surface area contributed by atoms with Crippen molar-refractivity contribution in [2.45, 2.75) is 0 Å². The van der Waals surface area contributed by atoms with E-state index in [1.807, 2.05) is 49.3 Å². The first-order chi connectivity index (χ1) is 7.65. The summed E-state index contributed by atoms with van der Waals surface area (Å²) in [5.41, 5.74) is 3.19.